The van der Waals surface area contributed by atoms with Crippen LogP contribution in [0.4, 0.5) is 9.59 Å². The van der Waals surface area contributed by atoms with Gasteiger partial charge in [0.1, 0.15) is 53.2 Å². The number of amides is 6. The first-order chi connectivity index (χ1) is 29.3. The Kier molecular flexibility index (Phi) is 12.7. The highest BCUT2D eigenvalue weighted by atomic mass is 16.6. The van der Waals surface area contributed by atoms with Crippen LogP contribution in [0.3, 0.4) is 0 Å². The second-order valence-electron chi connectivity index (χ2n) is 19.4. The molecule has 6 unspecified atom stereocenters. The van der Waals surface area contributed by atoms with Gasteiger partial charge in [0.05, 0.1) is 24.3 Å². The Bertz CT molecular complexity index is 2030. The minimum absolute atomic E-state index is 0.145. The van der Waals surface area contributed by atoms with Crippen molar-refractivity contribution in [2.45, 2.75) is 186 Å². The van der Waals surface area contributed by atoms with Gasteiger partial charge in [-0.1, -0.05) is 10.3 Å². The molecule has 5 fully saturated rings. The van der Waals surface area contributed by atoms with E-state index in [-0.39, 0.29) is 42.9 Å². The van der Waals surface area contributed by atoms with Crippen molar-refractivity contribution < 1.29 is 57.1 Å². The molecule has 5 aliphatic rings. The summed E-state index contributed by atoms with van der Waals surface area (Å²) in [6, 6.07) is -2.63. The van der Waals surface area contributed by atoms with Crippen molar-refractivity contribution in [2.75, 3.05) is 13.1 Å². The van der Waals surface area contributed by atoms with Crippen molar-refractivity contribution in [3.05, 3.63) is 24.4 Å². The lowest BCUT2D eigenvalue weighted by Gasteiger charge is -2.56. The van der Waals surface area contributed by atoms with Gasteiger partial charge in [-0.25, -0.2) is 9.59 Å². The molecule has 0 radical (unpaired) electrons. The summed E-state index contributed by atoms with van der Waals surface area (Å²) < 4.78 is 26.9. The molecule has 5 aliphatic heterocycles. The van der Waals surface area contributed by atoms with Gasteiger partial charge in [0.2, 0.25) is 23.6 Å². The predicted octanol–water partition coefficient (Wildman–Crippen LogP) is 2.36. The fourth-order valence-corrected chi connectivity index (χ4v) is 9.67. The maximum Gasteiger partial charge on any atom is 0.413 e. The standard InChI is InChI=1S/C22H33N5O6.C19H29N5O6/c1-13-16(27(21(6,7)31-13)19(30)32-20(3,4)5)17(28)26-10-8-9-22(26)14(2)25(18(22)29)11-15-23-12-24-33-15;1-11(25)14(22-17(28)29-18(3,4)5)15(26)24-8-6-7-19(24)12(2)23(16(19)27)9-13-20-10-21-30-13/h12-14,16H,8-11H2,1-7H3;10-12,14,25H,6-9H2,1-5H3,(H,22,28)/t13-,14?,16?,22?;11-,12?,14?,19?/m11/s1. The zero-order chi connectivity index (χ0) is 46.6. The van der Waals surface area contributed by atoms with Crippen molar-refractivity contribution in [1.29, 1.82) is 0 Å². The summed E-state index contributed by atoms with van der Waals surface area (Å²) in [5.41, 5.74) is -4.45. The number of alkyl carbamates (subject to hydrolysis) is 1. The SMILES string of the molecule is CC1N(Cc2ncno2)C(=O)C12CCCN2C(=O)C(NC(=O)OC(C)(C)C)[C@@H](C)O.CC1N(Cc2ncno2)C(=O)C12CCCN2C(=O)C1[C@@H](C)OC(C)(C)N1C(=O)OC(C)(C)C. The van der Waals surface area contributed by atoms with Gasteiger partial charge >= 0.3 is 12.2 Å². The number of carbonyl (C=O) groups excluding carboxylic acids is 6. The van der Waals surface area contributed by atoms with E-state index < -0.39 is 70.4 Å². The summed E-state index contributed by atoms with van der Waals surface area (Å²) in [7, 11) is 0. The van der Waals surface area contributed by atoms with Gasteiger partial charge in [-0.05, 0) is 109 Å². The molecule has 0 aromatic carbocycles. The molecule has 7 rings (SSSR count). The molecule has 0 aliphatic carbocycles. The summed E-state index contributed by atoms with van der Waals surface area (Å²) >= 11 is 0. The molecule has 5 saturated heterocycles. The Morgan fingerprint density at radius 3 is 1.73 bits per heavy atom. The minimum Gasteiger partial charge on any atom is -0.444 e. The Morgan fingerprint density at radius 1 is 0.825 bits per heavy atom. The van der Waals surface area contributed by atoms with E-state index in [9.17, 15) is 33.9 Å². The first kappa shape index (κ1) is 47.1. The molecule has 2 aromatic rings. The van der Waals surface area contributed by atoms with Crippen LogP contribution in [0.15, 0.2) is 21.7 Å². The molecule has 22 nitrogen and oxygen atoms in total. The van der Waals surface area contributed by atoms with E-state index in [1.165, 1.54) is 29.4 Å². The average Bonchev–Trinajstić information content (AvgIpc) is 4.03. The van der Waals surface area contributed by atoms with E-state index in [1.54, 1.807) is 77.0 Å². The summed E-state index contributed by atoms with van der Waals surface area (Å²) in [6.07, 6.45) is 1.84. The van der Waals surface area contributed by atoms with Crippen molar-refractivity contribution in [1.82, 2.24) is 50.1 Å². The molecule has 2 spiro atoms. The molecule has 0 saturated carbocycles. The quantitative estimate of drug-likeness (QED) is 0.361. The number of aliphatic hydroxyl groups excluding tert-OH is 1. The zero-order valence-corrected chi connectivity index (χ0v) is 38.2. The summed E-state index contributed by atoms with van der Waals surface area (Å²) in [4.78, 5) is 94.7. The predicted molar refractivity (Wildman–Crippen MR) is 217 cm³/mol. The van der Waals surface area contributed by atoms with Crippen LogP contribution >= 0.6 is 0 Å². The number of nitrogens with one attached hydrogen (secondary N) is 1. The molecular weight excluding hydrogens is 825 g/mol. The number of carbonyl (C=O) groups is 6. The van der Waals surface area contributed by atoms with E-state index in [0.29, 0.717) is 50.6 Å². The molecule has 2 N–H and O–H groups in total. The highest BCUT2D eigenvalue weighted by molar-refractivity contribution is 6.01. The molecule has 6 amide bonds. The molecule has 7 heterocycles. The lowest BCUT2D eigenvalue weighted by Crippen LogP contribution is -2.78. The second kappa shape index (κ2) is 17.0. The van der Waals surface area contributed by atoms with Crippen LogP contribution in [0.1, 0.15) is 121 Å². The van der Waals surface area contributed by atoms with Gasteiger partial charge < -0.3 is 53.3 Å². The first-order valence-corrected chi connectivity index (χ1v) is 21.4. The number of hydrogen-bond acceptors (Lipinski definition) is 16. The lowest BCUT2D eigenvalue weighted by atomic mass is 9.77. The second-order valence-corrected chi connectivity index (χ2v) is 19.4. The van der Waals surface area contributed by atoms with E-state index in [0.717, 1.165) is 0 Å². The van der Waals surface area contributed by atoms with E-state index in [2.05, 4.69) is 25.6 Å². The van der Waals surface area contributed by atoms with Crippen molar-refractivity contribution in [3.63, 3.8) is 0 Å². The smallest absolute Gasteiger partial charge is 0.413 e. The number of aliphatic hydroxyl groups is 1. The molecule has 0 bridgehead atoms. The van der Waals surface area contributed by atoms with Gasteiger partial charge in [-0.2, -0.15) is 9.97 Å². The minimum atomic E-state index is -1.22. The topological polar surface area (TPSA) is 256 Å². The van der Waals surface area contributed by atoms with Crippen LogP contribution in [-0.2, 0) is 46.5 Å². The molecule has 22 heteroatoms. The van der Waals surface area contributed by atoms with E-state index >= 15 is 0 Å². The van der Waals surface area contributed by atoms with E-state index in [1.807, 2.05) is 13.8 Å². The Morgan fingerprint density at radius 2 is 1.30 bits per heavy atom. The molecule has 63 heavy (non-hydrogen) atoms. The molecular formula is C41H62N10O12. The van der Waals surface area contributed by atoms with Crippen LogP contribution < -0.4 is 5.32 Å². The maximum absolute atomic E-state index is 13.9. The number of rotatable bonds is 8. The molecule has 2 aromatic heterocycles. The Hall–Kier alpha value is -5.38. The van der Waals surface area contributed by atoms with Gasteiger partial charge in [0.25, 0.3) is 11.8 Å². The van der Waals surface area contributed by atoms with Crippen molar-refractivity contribution in [3.8, 4) is 0 Å². The van der Waals surface area contributed by atoms with Gasteiger partial charge in [0.15, 0.2) is 12.7 Å². The van der Waals surface area contributed by atoms with Gasteiger partial charge in [-0.3, -0.25) is 24.1 Å². The number of likely N-dealkylation sites (tertiary alicyclic amines) is 4. The lowest BCUT2D eigenvalue weighted by molar-refractivity contribution is -0.180. The van der Waals surface area contributed by atoms with Crippen LogP contribution in [0, 0.1) is 0 Å². The molecule has 8 atom stereocenters. The first-order valence-electron chi connectivity index (χ1n) is 21.4. The van der Waals surface area contributed by atoms with Crippen LogP contribution in [-0.4, -0.2) is 163 Å². The number of β-lactam (4-membered cyclic amide) rings is 2. The Labute approximate surface area is 366 Å². The number of ether oxygens (including phenoxy) is 3. The average molecular weight is 887 g/mol. The van der Waals surface area contributed by atoms with Crippen LogP contribution in [0.5, 0.6) is 0 Å². The summed E-state index contributed by atoms with van der Waals surface area (Å²) in [6.45, 7) is 22.0. The van der Waals surface area contributed by atoms with Crippen molar-refractivity contribution >= 4 is 35.8 Å². The van der Waals surface area contributed by atoms with Crippen LogP contribution in [0.25, 0.3) is 0 Å². The highest BCUT2D eigenvalue weighted by Crippen LogP contribution is 2.47. The summed E-state index contributed by atoms with van der Waals surface area (Å²) in [5.74, 6) is -0.500. The number of nitrogens with zero attached hydrogens (tertiary/aromatic N) is 9. The highest BCUT2D eigenvalue weighted by Gasteiger charge is 2.68. The normalized spacial score (nSPS) is 28.7. The molecule has 348 valence electrons. The fraction of sp³-hybridized carbons (Fsp3) is 0.756. The third-order valence-electron chi connectivity index (χ3n) is 12.4. The van der Waals surface area contributed by atoms with Crippen molar-refractivity contribution in [2.24, 2.45) is 0 Å². The third kappa shape index (κ3) is 8.67. The zero-order valence-electron chi connectivity index (χ0n) is 38.2. The monoisotopic (exact) mass is 886 g/mol. The van der Waals surface area contributed by atoms with Gasteiger partial charge in [-0.15, -0.1) is 0 Å². The number of hydrogen-bond donors (Lipinski definition) is 2. The summed E-state index contributed by atoms with van der Waals surface area (Å²) in [5, 5.41) is 19.7. The Balaban J connectivity index is 0.000000211. The van der Waals surface area contributed by atoms with E-state index in [4.69, 9.17) is 23.3 Å². The number of aromatic nitrogens is 4. The fourth-order valence-electron chi connectivity index (χ4n) is 9.67. The maximum atomic E-state index is 13.9. The van der Waals surface area contributed by atoms with Crippen LogP contribution in [0.2, 0.25) is 0 Å². The third-order valence-corrected chi connectivity index (χ3v) is 12.4. The van der Waals surface area contributed by atoms with Gasteiger partial charge in [0, 0.05) is 13.1 Å². The largest absolute Gasteiger partial charge is 0.444 e.